The predicted molar refractivity (Wildman–Crippen MR) is 125 cm³/mol. The highest BCUT2D eigenvalue weighted by Crippen LogP contribution is 2.29. The van der Waals surface area contributed by atoms with Gasteiger partial charge in [-0.1, -0.05) is 23.2 Å². The van der Waals surface area contributed by atoms with E-state index in [0.717, 1.165) is 0 Å². The number of carbonyl (C=O) groups is 1. The molecule has 0 spiro atoms. The van der Waals surface area contributed by atoms with Crippen molar-refractivity contribution in [3.8, 4) is 0 Å². The second kappa shape index (κ2) is 9.68. The van der Waals surface area contributed by atoms with Crippen molar-refractivity contribution in [2.24, 2.45) is 0 Å². The summed E-state index contributed by atoms with van der Waals surface area (Å²) >= 11 is 12.2. The minimum Gasteiger partial charge on any atom is -0.388 e. The summed E-state index contributed by atoms with van der Waals surface area (Å²) in [6, 6.07) is 10.6. The molecule has 1 aromatic heterocycles. The van der Waals surface area contributed by atoms with E-state index >= 15 is 0 Å². The number of urea groups is 1. The maximum atomic E-state index is 13.5. The second-order valence-electron chi connectivity index (χ2n) is 7.62. The zero-order valence-corrected chi connectivity index (χ0v) is 19.1. The second-order valence-corrected chi connectivity index (χ2v) is 8.47. The van der Waals surface area contributed by atoms with Gasteiger partial charge in [-0.2, -0.15) is 4.98 Å². The van der Waals surface area contributed by atoms with Crippen molar-refractivity contribution >= 4 is 52.4 Å². The molecule has 0 radical (unpaired) electrons. The summed E-state index contributed by atoms with van der Waals surface area (Å²) in [7, 11) is 0. The average Bonchev–Trinajstić information content (AvgIpc) is 2.72. The number of aliphatic hydroxyl groups is 1. The first-order chi connectivity index (χ1) is 15.0. The lowest BCUT2D eigenvalue weighted by Gasteiger charge is -2.27. The summed E-state index contributed by atoms with van der Waals surface area (Å²) < 4.78 is 13.5. The molecule has 0 bridgehead atoms. The number of anilines is 4. The van der Waals surface area contributed by atoms with Gasteiger partial charge < -0.3 is 15.7 Å². The van der Waals surface area contributed by atoms with E-state index in [9.17, 15) is 14.3 Å². The van der Waals surface area contributed by atoms with Crippen molar-refractivity contribution in [3.63, 3.8) is 0 Å². The van der Waals surface area contributed by atoms with E-state index in [1.807, 2.05) is 0 Å². The number of rotatable bonds is 6. The fourth-order valence-corrected chi connectivity index (χ4v) is 2.96. The van der Waals surface area contributed by atoms with Gasteiger partial charge in [0.25, 0.3) is 0 Å². The molecule has 0 saturated heterocycles. The minimum atomic E-state index is -1.03. The van der Waals surface area contributed by atoms with Crippen LogP contribution in [-0.2, 0) is 0 Å². The molecule has 0 saturated carbocycles. The minimum absolute atomic E-state index is 0.206. The molecule has 0 aliphatic heterocycles. The number of benzene rings is 2. The number of nitrogens with one attached hydrogen (secondary N) is 2. The fraction of sp³-hybridized carbons (Fsp3) is 0.227. The van der Waals surface area contributed by atoms with Crippen LogP contribution in [0.4, 0.5) is 32.3 Å². The zero-order chi connectivity index (χ0) is 23.5. The third-order valence-electron chi connectivity index (χ3n) is 4.73. The van der Waals surface area contributed by atoms with Gasteiger partial charge in [-0.3, -0.25) is 0 Å². The van der Waals surface area contributed by atoms with Gasteiger partial charge in [-0.15, -0.1) is 0 Å². The highest BCUT2D eigenvalue weighted by molar-refractivity contribution is 6.35. The lowest BCUT2D eigenvalue weighted by molar-refractivity contribution is 0.0646. The SMILES string of the molecule is CC(Nc1nccc(N(C(=O)Nc2cc(Cl)ccc2Cl)c2ccc(F)cc2)n1)C(C)(C)O. The van der Waals surface area contributed by atoms with Crippen molar-refractivity contribution in [2.75, 3.05) is 15.5 Å². The van der Waals surface area contributed by atoms with Crippen LogP contribution in [-0.4, -0.2) is 32.7 Å². The quantitative estimate of drug-likeness (QED) is 0.413. The number of aromatic nitrogens is 2. The highest BCUT2D eigenvalue weighted by atomic mass is 35.5. The van der Waals surface area contributed by atoms with E-state index in [0.29, 0.717) is 21.4 Å². The average molecular weight is 478 g/mol. The molecule has 2 amide bonds. The molecular weight excluding hydrogens is 456 g/mol. The first-order valence-corrected chi connectivity index (χ1v) is 10.4. The van der Waals surface area contributed by atoms with Crippen molar-refractivity contribution in [1.29, 1.82) is 0 Å². The van der Waals surface area contributed by atoms with Gasteiger partial charge in [0.2, 0.25) is 5.95 Å². The Kier molecular flexibility index (Phi) is 7.18. The van der Waals surface area contributed by atoms with Crippen molar-refractivity contribution in [2.45, 2.75) is 32.4 Å². The summed E-state index contributed by atoms with van der Waals surface area (Å²) in [5.74, 6) is -0.0263. The first kappa shape index (κ1) is 23.7. The molecule has 1 atom stereocenters. The van der Waals surface area contributed by atoms with Crippen molar-refractivity contribution in [1.82, 2.24) is 9.97 Å². The summed E-state index contributed by atoms with van der Waals surface area (Å²) in [6.45, 7) is 5.09. The summed E-state index contributed by atoms with van der Waals surface area (Å²) in [4.78, 5) is 23.1. The molecule has 168 valence electrons. The van der Waals surface area contributed by atoms with Crippen LogP contribution >= 0.6 is 23.2 Å². The van der Waals surface area contributed by atoms with Crippen LogP contribution in [0.15, 0.2) is 54.7 Å². The molecule has 7 nitrogen and oxygen atoms in total. The Hall–Kier alpha value is -2.94. The Morgan fingerprint density at radius 3 is 2.50 bits per heavy atom. The van der Waals surface area contributed by atoms with Crippen molar-refractivity contribution in [3.05, 3.63) is 70.6 Å². The predicted octanol–water partition coefficient (Wildman–Crippen LogP) is 5.86. The monoisotopic (exact) mass is 477 g/mol. The topological polar surface area (TPSA) is 90.4 Å². The highest BCUT2D eigenvalue weighted by Gasteiger charge is 2.25. The number of hydrogen-bond donors (Lipinski definition) is 3. The molecule has 0 fully saturated rings. The fourth-order valence-electron chi connectivity index (χ4n) is 2.62. The van der Waals surface area contributed by atoms with Gasteiger partial charge in [0.15, 0.2) is 0 Å². The van der Waals surface area contributed by atoms with Gasteiger partial charge in [-0.05, 0) is 63.2 Å². The lowest BCUT2D eigenvalue weighted by atomic mass is 10.0. The van der Waals surface area contributed by atoms with Gasteiger partial charge in [0.05, 0.1) is 28.0 Å². The third-order valence-corrected chi connectivity index (χ3v) is 5.30. The Labute approximate surface area is 195 Å². The first-order valence-electron chi connectivity index (χ1n) is 9.68. The number of carbonyl (C=O) groups excluding carboxylic acids is 1. The van der Waals surface area contributed by atoms with E-state index in [1.165, 1.54) is 47.5 Å². The Bertz CT molecular complexity index is 1110. The van der Waals surface area contributed by atoms with E-state index in [-0.39, 0.29) is 17.8 Å². The summed E-state index contributed by atoms with van der Waals surface area (Å²) in [5.41, 5.74) is -0.363. The lowest BCUT2D eigenvalue weighted by Crippen LogP contribution is -2.40. The Morgan fingerprint density at radius 2 is 1.84 bits per heavy atom. The maximum absolute atomic E-state index is 13.5. The molecule has 3 N–H and O–H groups in total. The molecule has 32 heavy (non-hydrogen) atoms. The number of amides is 2. The zero-order valence-electron chi connectivity index (χ0n) is 17.6. The van der Waals surface area contributed by atoms with Crippen LogP contribution < -0.4 is 15.5 Å². The molecule has 0 aliphatic carbocycles. The van der Waals surface area contributed by atoms with Crippen molar-refractivity contribution < 1.29 is 14.3 Å². The molecule has 1 unspecified atom stereocenters. The normalized spacial score (nSPS) is 12.2. The van der Waals surface area contributed by atoms with Gasteiger partial charge in [-0.25, -0.2) is 19.1 Å². The van der Waals surface area contributed by atoms with Crippen LogP contribution in [0.2, 0.25) is 10.0 Å². The maximum Gasteiger partial charge on any atom is 0.332 e. The number of hydrogen-bond acceptors (Lipinski definition) is 5. The number of halogens is 3. The molecule has 10 heteroatoms. The smallest absolute Gasteiger partial charge is 0.332 e. The molecule has 2 aromatic carbocycles. The Morgan fingerprint density at radius 1 is 1.16 bits per heavy atom. The molecule has 1 heterocycles. The van der Waals surface area contributed by atoms with Crippen LogP contribution in [0.25, 0.3) is 0 Å². The Balaban J connectivity index is 1.98. The van der Waals surface area contributed by atoms with Crippen LogP contribution in [0.5, 0.6) is 0 Å². The van der Waals surface area contributed by atoms with Gasteiger partial charge in [0, 0.05) is 17.3 Å². The molecule has 3 rings (SSSR count). The van der Waals surface area contributed by atoms with Crippen LogP contribution in [0, 0.1) is 5.82 Å². The standard InChI is InChI=1S/C22H22Cl2FN5O2/c1-13(22(2,3)32)27-20-26-11-10-19(29-20)30(16-7-5-15(25)6-8-16)21(31)28-18-12-14(23)4-9-17(18)24/h4-13,32H,1-3H3,(H,28,31)(H,26,27,29). The largest absolute Gasteiger partial charge is 0.388 e. The van der Waals surface area contributed by atoms with E-state index in [1.54, 1.807) is 32.9 Å². The number of nitrogens with zero attached hydrogens (tertiary/aromatic N) is 3. The van der Waals surface area contributed by atoms with E-state index < -0.39 is 17.4 Å². The van der Waals surface area contributed by atoms with E-state index in [4.69, 9.17) is 23.2 Å². The van der Waals surface area contributed by atoms with Gasteiger partial charge >= 0.3 is 6.03 Å². The van der Waals surface area contributed by atoms with Crippen LogP contribution in [0.1, 0.15) is 20.8 Å². The molecule has 3 aromatic rings. The van der Waals surface area contributed by atoms with Gasteiger partial charge in [0.1, 0.15) is 11.6 Å². The summed E-state index contributed by atoms with van der Waals surface area (Å²) in [6.07, 6.45) is 1.47. The molecular formula is C22H22Cl2FN5O2. The van der Waals surface area contributed by atoms with Crippen LogP contribution in [0.3, 0.4) is 0 Å². The molecule has 0 aliphatic rings. The van der Waals surface area contributed by atoms with E-state index in [2.05, 4.69) is 20.6 Å². The third kappa shape index (κ3) is 5.85. The summed E-state index contributed by atoms with van der Waals surface area (Å²) in [5, 5.41) is 16.6.